The Morgan fingerprint density at radius 3 is 2.30 bits per heavy atom. The number of carbonyl (C=O) groups excluding carboxylic acids is 1. The summed E-state index contributed by atoms with van der Waals surface area (Å²) in [6.07, 6.45) is 0. The average molecular weight is 270 g/mol. The van der Waals surface area contributed by atoms with E-state index in [0.717, 1.165) is 5.56 Å². The molecule has 4 heteroatoms. The summed E-state index contributed by atoms with van der Waals surface area (Å²) in [6.45, 7) is 5.66. The number of nitrogens with zero attached hydrogens (tertiary/aromatic N) is 2. The summed E-state index contributed by atoms with van der Waals surface area (Å²) in [4.78, 5) is 23.3. The maximum atomic E-state index is 11.8. The van der Waals surface area contributed by atoms with E-state index in [4.69, 9.17) is 0 Å². The van der Waals surface area contributed by atoms with Gasteiger partial charge in [0.25, 0.3) is 5.56 Å². The van der Waals surface area contributed by atoms with Gasteiger partial charge in [-0.1, -0.05) is 38.1 Å². The molecule has 0 fully saturated rings. The minimum absolute atomic E-state index is 0.172. The lowest BCUT2D eigenvalue weighted by Gasteiger charge is -2.08. The Bertz CT molecular complexity index is 697. The maximum Gasteiger partial charge on any atom is 0.277 e. The van der Waals surface area contributed by atoms with Crippen LogP contribution in [0.15, 0.2) is 35.1 Å². The first kappa shape index (κ1) is 14.2. The average Bonchev–Trinajstić information content (AvgIpc) is 2.41. The van der Waals surface area contributed by atoms with Gasteiger partial charge in [0.15, 0.2) is 5.78 Å². The van der Waals surface area contributed by atoms with Gasteiger partial charge in [-0.3, -0.25) is 9.59 Å². The van der Waals surface area contributed by atoms with Crippen LogP contribution in [-0.4, -0.2) is 15.6 Å². The molecule has 0 aliphatic carbocycles. The third-order valence-electron chi connectivity index (χ3n) is 3.32. The van der Waals surface area contributed by atoms with E-state index in [1.165, 1.54) is 17.2 Å². The largest absolute Gasteiger partial charge is 0.294 e. The topological polar surface area (TPSA) is 52.0 Å². The molecule has 20 heavy (non-hydrogen) atoms. The summed E-state index contributed by atoms with van der Waals surface area (Å²) < 4.78 is 1.21. The van der Waals surface area contributed by atoms with Crippen molar-refractivity contribution in [2.75, 3.05) is 0 Å². The summed E-state index contributed by atoms with van der Waals surface area (Å²) in [5.74, 6) is 0.220. The van der Waals surface area contributed by atoms with Gasteiger partial charge in [-0.05, 0) is 24.5 Å². The molecular formula is C16H18N2O2. The number of aryl methyl sites for hydroxylation is 1. The Morgan fingerprint density at radius 1 is 1.20 bits per heavy atom. The molecule has 0 spiro atoms. The van der Waals surface area contributed by atoms with E-state index in [-0.39, 0.29) is 16.9 Å². The Kier molecular flexibility index (Phi) is 3.84. The van der Waals surface area contributed by atoms with Crippen LogP contribution in [0.3, 0.4) is 0 Å². The molecule has 0 aliphatic rings. The van der Waals surface area contributed by atoms with E-state index in [9.17, 15) is 9.59 Å². The third-order valence-corrected chi connectivity index (χ3v) is 3.32. The van der Waals surface area contributed by atoms with Crippen molar-refractivity contribution >= 4 is 5.78 Å². The fraction of sp³-hybridized carbons (Fsp3) is 0.312. The van der Waals surface area contributed by atoms with E-state index < -0.39 is 0 Å². The van der Waals surface area contributed by atoms with Gasteiger partial charge in [0, 0.05) is 12.6 Å². The molecule has 104 valence electrons. The number of carbonyl (C=O) groups is 1. The molecule has 1 aromatic heterocycles. The van der Waals surface area contributed by atoms with Crippen LogP contribution < -0.4 is 5.56 Å². The normalized spacial score (nSPS) is 10.8. The number of hydrogen-bond donors (Lipinski definition) is 0. The first-order chi connectivity index (χ1) is 9.40. The Balaban J connectivity index is 2.53. The lowest BCUT2D eigenvalue weighted by molar-refractivity contribution is 0.101. The highest BCUT2D eigenvalue weighted by molar-refractivity contribution is 5.94. The van der Waals surface area contributed by atoms with Crippen LogP contribution in [0.1, 0.15) is 42.6 Å². The zero-order valence-corrected chi connectivity index (χ0v) is 12.2. The molecular weight excluding hydrogens is 252 g/mol. The summed E-state index contributed by atoms with van der Waals surface area (Å²) in [5.41, 5.74) is 2.58. The molecule has 0 saturated carbocycles. The van der Waals surface area contributed by atoms with Gasteiger partial charge in [0.2, 0.25) is 0 Å². The molecule has 0 bridgehead atoms. The minimum Gasteiger partial charge on any atom is -0.294 e. The molecule has 0 aliphatic heterocycles. The van der Waals surface area contributed by atoms with Crippen LogP contribution in [0, 0.1) is 0 Å². The van der Waals surface area contributed by atoms with Crippen LogP contribution in [0.5, 0.6) is 0 Å². The smallest absolute Gasteiger partial charge is 0.277 e. The fourth-order valence-corrected chi connectivity index (χ4v) is 2.04. The molecule has 1 heterocycles. The molecule has 0 unspecified atom stereocenters. The van der Waals surface area contributed by atoms with E-state index in [0.29, 0.717) is 11.6 Å². The zero-order chi connectivity index (χ0) is 14.9. The molecule has 2 rings (SSSR count). The minimum atomic E-state index is -0.361. The van der Waals surface area contributed by atoms with Crippen LogP contribution >= 0.6 is 0 Å². The molecule has 0 radical (unpaired) electrons. The summed E-state index contributed by atoms with van der Waals surface area (Å²) in [5, 5.41) is 4.21. The molecule has 0 amide bonds. The van der Waals surface area contributed by atoms with Gasteiger partial charge in [0.05, 0.1) is 11.3 Å². The number of Topliss-reactive ketones (excluding diaryl/α,β-unsaturated/α-hetero) is 1. The van der Waals surface area contributed by atoms with Crippen molar-refractivity contribution in [1.82, 2.24) is 9.78 Å². The Labute approximate surface area is 118 Å². The monoisotopic (exact) mass is 270 g/mol. The molecule has 4 nitrogen and oxygen atoms in total. The van der Waals surface area contributed by atoms with Crippen molar-refractivity contribution in [3.8, 4) is 11.3 Å². The van der Waals surface area contributed by atoms with Crippen molar-refractivity contribution in [2.45, 2.75) is 26.7 Å². The van der Waals surface area contributed by atoms with Gasteiger partial charge < -0.3 is 0 Å². The number of rotatable bonds is 3. The van der Waals surface area contributed by atoms with Crippen molar-refractivity contribution in [3.05, 3.63) is 51.8 Å². The number of aromatic nitrogens is 2. The maximum absolute atomic E-state index is 11.8. The summed E-state index contributed by atoms with van der Waals surface area (Å²) in [6, 6.07) is 9.58. The molecule has 2 aromatic rings. The van der Waals surface area contributed by atoms with Crippen LogP contribution in [-0.2, 0) is 7.05 Å². The van der Waals surface area contributed by atoms with Gasteiger partial charge in [-0.2, -0.15) is 5.10 Å². The van der Waals surface area contributed by atoms with E-state index in [1.54, 1.807) is 13.1 Å². The predicted molar refractivity (Wildman–Crippen MR) is 79.0 cm³/mol. The SMILES string of the molecule is CC(=O)c1cc(-c2ccc(C(C)C)cc2)nn(C)c1=O. The van der Waals surface area contributed by atoms with Gasteiger partial charge in [-0.15, -0.1) is 0 Å². The number of ketones is 1. The second-order valence-corrected chi connectivity index (χ2v) is 5.20. The quantitative estimate of drug-likeness (QED) is 0.806. The Hall–Kier alpha value is -2.23. The van der Waals surface area contributed by atoms with Crippen molar-refractivity contribution in [3.63, 3.8) is 0 Å². The fourth-order valence-electron chi connectivity index (χ4n) is 2.04. The second-order valence-electron chi connectivity index (χ2n) is 5.20. The highest BCUT2D eigenvalue weighted by Gasteiger charge is 2.11. The van der Waals surface area contributed by atoms with Crippen molar-refractivity contribution < 1.29 is 4.79 Å². The molecule has 0 N–H and O–H groups in total. The second kappa shape index (κ2) is 5.41. The van der Waals surface area contributed by atoms with E-state index >= 15 is 0 Å². The highest BCUT2D eigenvalue weighted by Crippen LogP contribution is 2.21. The molecule has 0 saturated heterocycles. The van der Waals surface area contributed by atoms with Gasteiger partial charge >= 0.3 is 0 Å². The van der Waals surface area contributed by atoms with Crippen LogP contribution in [0.4, 0.5) is 0 Å². The van der Waals surface area contributed by atoms with Crippen molar-refractivity contribution in [2.24, 2.45) is 7.05 Å². The molecule has 0 atom stereocenters. The predicted octanol–water partition coefficient (Wildman–Crippen LogP) is 2.77. The highest BCUT2D eigenvalue weighted by atomic mass is 16.1. The molecule has 1 aromatic carbocycles. The number of benzene rings is 1. The van der Waals surface area contributed by atoms with E-state index in [1.807, 2.05) is 24.3 Å². The van der Waals surface area contributed by atoms with E-state index in [2.05, 4.69) is 18.9 Å². The summed E-state index contributed by atoms with van der Waals surface area (Å²) in [7, 11) is 1.56. The lowest BCUT2D eigenvalue weighted by Crippen LogP contribution is -2.25. The van der Waals surface area contributed by atoms with Gasteiger partial charge in [0.1, 0.15) is 0 Å². The lowest BCUT2D eigenvalue weighted by atomic mass is 10.0. The zero-order valence-electron chi connectivity index (χ0n) is 12.2. The number of hydrogen-bond acceptors (Lipinski definition) is 3. The first-order valence-corrected chi connectivity index (χ1v) is 6.59. The van der Waals surface area contributed by atoms with Crippen molar-refractivity contribution in [1.29, 1.82) is 0 Å². The Morgan fingerprint density at radius 2 is 1.80 bits per heavy atom. The standard InChI is InChI=1S/C16H18N2O2/c1-10(2)12-5-7-13(8-6-12)15-9-14(11(3)19)16(20)18(4)17-15/h5-10H,1-4H3. The van der Waals surface area contributed by atoms with Crippen LogP contribution in [0.2, 0.25) is 0 Å². The van der Waals surface area contributed by atoms with Gasteiger partial charge in [-0.25, -0.2) is 4.68 Å². The first-order valence-electron chi connectivity index (χ1n) is 6.59. The summed E-state index contributed by atoms with van der Waals surface area (Å²) >= 11 is 0. The third kappa shape index (κ3) is 2.69. The van der Waals surface area contributed by atoms with Crippen LogP contribution in [0.25, 0.3) is 11.3 Å².